The summed E-state index contributed by atoms with van der Waals surface area (Å²) < 4.78 is 16.0. The molecule has 0 saturated carbocycles. The fraction of sp³-hybridized carbons (Fsp3) is 0.286. The fourth-order valence-electron chi connectivity index (χ4n) is 2.77. The Bertz CT molecular complexity index is 951. The van der Waals surface area contributed by atoms with Gasteiger partial charge in [-0.25, -0.2) is 0 Å². The second-order valence-corrected chi connectivity index (χ2v) is 6.31. The zero-order valence-corrected chi connectivity index (χ0v) is 16.4. The summed E-state index contributed by atoms with van der Waals surface area (Å²) in [5.74, 6) is 2.24. The molecular formula is C21H23N3O4. The lowest BCUT2D eigenvalue weighted by Crippen LogP contribution is -2.26. The number of rotatable bonds is 7. The van der Waals surface area contributed by atoms with E-state index in [0.717, 1.165) is 22.6 Å². The van der Waals surface area contributed by atoms with Crippen LogP contribution in [0.2, 0.25) is 0 Å². The van der Waals surface area contributed by atoms with Gasteiger partial charge in [-0.2, -0.15) is 4.98 Å². The number of amides is 1. The Morgan fingerprint density at radius 1 is 1.18 bits per heavy atom. The van der Waals surface area contributed by atoms with Crippen LogP contribution in [0.5, 0.6) is 11.5 Å². The van der Waals surface area contributed by atoms with Gasteiger partial charge in [-0.1, -0.05) is 5.16 Å². The van der Waals surface area contributed by atoms with Crippen LogP contribution < -0.4 is 9.47 Å². The maximum atomic E-state index is 12.7. The third kappa shape index (κ3) is 4.31. The van der Waals surface area contributed by atoms with E-state index in [2.05, 4.69) is 10.1 Å². The van der Waals surface area contributed by atoms with Crippen LogP contribution in [-0.4, -0.2) is 41.7 Å². The first kappa shape index (κ1) is 19.4. The first-order valence-electron chi connectivity index (χ1n) is 8.97. The molecule has 0 unspecified atom stereocenters. The zero-order valence-electron chi connectivity index (χ0n) is 16.4. The standard InChI is InChI=1S/C21H23N3O4/c1-5-27-18-11-8-16(12-14(18)2)21(25)24(3)13-19-22-20(23-28-19)15-6-9-17(26-4)10-7-15/h6-12H,5,13H2,1-4H3. The molecule has 1 amide bonds. The Morgan fingerprint density at radius 2 is 1.93 bits per heavy atom. The number of hydrogen-bond donors (Lipinski definition) is 0. The van der Waals surface area contributed by atoms with Crippen LogP contribution >= 0.6 is 0 Å². The summed E-state index contributed by atoms with van der Waals surface area (Å²) >= 11 is 0. The van der Waals surface area contributed by atoms with Crippen molar-refractivity contribution in [2.45, 2.75) is 20.4 Å². The Labute approximate surface area is 163 Å². The van der Waals surface area contributed by atoms with Crippen molar-refractivity contribution in [2.75, 3.05) is 20.8 Å². The lowest BCUT2D eigenvalue weighted by molar-refractivity contribution is 0.0769. The Kier molecular flexibility index (Phi) is 5.93. The van der Waals surface area contributed by atoms with Gasteiger partial charge in [0.1, 0.15) is 11.5 Å². The van der Waals surface area contributed by atoms with Gasteiger partial charge in [0.2, 0.25) is 11.7 Å². The molecule has 7 nitrogen and oxygen atoms in total. The van der Waals surface area contributed by atoms with Crippen LogP contribution in [0.1, 0.15) is 28.7 Å². The minimum Gasteiger partial charge on any atom is -0.497 e. The van der Waals surface area contributed by atoms with E-state index in [1.165, 1.54) is 0 Å². The summed E-state index contributed by atoms with van der Waals surface area (Å²) in [4.78, 5) is 18.6. The van der Waals surface area contributed by atoms with Gasteiger partial charge in [0.05, 0.1) is 20.3 Å². The highest BCUT2D eigenvalue weighted by atomic mass is 16.5. The summed E-state index contributed by atoms with van der Waals surface area (Å²) in [6.07, 6.45) is 0. The summed E-state index contributed by atoms with van der Waals surface area (Å²) in [6, 6.07) is 12.8. The van der Waals surface area contributed by atoms with Gasteiger partial charge < -0.3 is 18.9 Å². The maximum absolute atomic E-state index is 12.7. The van der Waals surface area contributed by atoms with Crippen LogP contribution in [0, 0.1) is 6.92 Å². The van der Waals surface area contributed by atoms with E-state index in [1.807, 2.05) is 50.2 Å². The molecule has 0 spiro atoms. The molecule has 0 N–H and O–H groups in total. The molecule has 1 aromatic heterocycles. The Hall–Kier alpha value is -3.35. The van der Waals surface area contributed by atoms with E-state index in [4.69, 9.17) is 14.0 Å². The average molecular weight is 381 g/mol. The van der Waals surface area contributed by atoms with Crippen LogP contribution in [0.4, 0.5) is 0 Å². The molecule has 0 radical (unpaired) electrons. The molecule has 28 heavy (non-hydrogen) atoms. The fourth-order valence-corrected chi connectivity index (χ4v) is 2.77. The van der Waals surface area contributed by atoms with Crippen LogP contribution in [0.25, 0.3) is 11.4 Å². The minimum absolute atomic E-state index is 0.129. The highest BCUT2D eigenvalue weighted by Crippen LogP contribution is 2.22. The van der Waals surface area contributed by atoms with Crippen molar-refractivity contribution in [3.05, 3.63) is 59.5 Å². The molecular weight excluding hydrogens is 358 g/mol. The molecule has 0 aliphatic heterocycles. The van der Waals surface area contributed by atoms with Gasteiger partial charge in [-0.15, -0.1) is 0 Å². The second-order valence-electron chi connectivity index (χ2n) is 6.31. The first-order chi connectivity index (χ1) is 13.5. The normalized spacial score (nSPS) is 10.6. The number of carbonyl (C=O) groups excluding carboxylic acids is 1. The van der Waals surface area contributed by atoms with Gasteiger partial charge >= 0.3 is 0 Å². The number of carbonyl (C=O) groups is 1. The van der Waals surface area contributed by atoms with Crippen molar-refractivity contribution in [2.24, 2.45) is 0 Å². The van der Waals surface area contributed by atoms with E-state index in [-0.39, 0.29) is 12.5 Å². The summed E-state index contributed by atoms with van der Waals surface area (Å²) in [7, 11) is 3.31. The van der Waals surface area contributed by atoms with Crippen molar-refractivity contribution in [3.63, 3.8) is 0 Å². The van der Waals surface area contributed by atoms with Crippen molar-refractivity contribution < 1.29 is 18.8 Å². The molecule has 0 aliphatic carbocycles. The second kappa shape index (κ2) is 8.56. The monoisotopic (exact) mass is 381 g/mol. The summed E-state index contributed by atoms with van der Waals surface area (Å²) in [5, 5.41) is 3.99. The van der Waals surface area contributed by atoms with Crippen LogP contribution in [0.3, 0.4) is 0 Å². The molecule has 7 heteroatoms. The van der Waals surface area contributed by atoms with Gasteiger partial charge in [-0.3, -0.25) is 4.79 Å². The van der Waals surface area contributed by atoms with Crippen LogP contribution in [0.15, 0.2) is 47.0 Å². The van der Waals surface area contributed by atoms with Gasteiger partial charge in [0.15, 0.2) is 0 Å². The lowest BCUT2D eigenvalue weighted by Gasteiger charge is -2.16. The van der Waals surface area contributed by atoms with E-state index in [9.17, 15) is 4.79 Å². The third-order valence-electron chi connectivity index (χ3n) is 4.26. The average Bonchev–Trinajstić information content (AvgIpc) is 3.17. The maximum Gasteiger partial charge on any atom is 0.254 e. The van der Waals surface area contributed by atoms with E-state index >= 15 is 0 Å². The molecule has 0 saturated heterocycles. The Balaban J connectivity index is 1.69. The predicted octanol–water partition coefficient (Wildman–Crippen LogP) is 3.72. The van der Waals surface area contributed by atoms with E-state index in [1.54, 1.807) is 25.1 Å². The Morgan fingerprint density at radius 3 is 2.57 bits per heavy atom. The molecule has 1 heterocycles. The highest BCUT2D eigenvalue weighted by molar-refractivity contribution is 5.94. The number of hydrogen-bond acceptors (Lipinski definition) is 6. The minimum atomic E-state index is -0.129. The molecule has 2 aromatic carbocycles. The SMILES string of the molecule is CCOc1ccc(C(=O)N(C)Cc2nc(-c3ccc(OC)cc3)no2)cc1C. The highest BCUT2D eigenvalue weighted by Gasteiger charge is 2.17. The first-order valence-corrected chi connectivity index (χ1v) is 8.97. The van der Waals surface area contributed by atoms with Gasteiger partial charge in [-0.05, 0) is 61.9 Å². The summed E-state index contributed by atoms with van der Waals surface area (Å²) in [5.41, 5.74) is 2.31. The number of aromatic nitrogens is 2. The van der Waals surface area contributed by atoms with Crippen molar-refractivity contribution >= 4 is 5.91 Å². The molecule has 3 rings (SSSR count). The third-order valence-corrected chi connectivity index (χ3v) is 4.26. The molecule has 0 fully saturated rings. The number of methoxy groups -OCH3 is 1. The number of aryl methyl sites for hydroxylation is 1. The van der Waals surface area contributed by atoms with Gasteiger partial charge in [0.25, 0.3) is 5.91 Å². The van der Waals surface area contributed by atoms with E-state index in [0.29, 0.717) is 23.9 Å². The number of nitrogens with zero attached hydrogens (tertiary/aromatic N) is 3. The number of benzene rings is 2. The molecule has 0 atom stereocenters. The molecule has 3 aromatic rings. The zero-order chi connectivity index (χ0) is 20.1. The number of ether oxygens (including phenoxy) is 2. The smallest absolute Gasteiger partial charge is 0.254 e. The van der Waals surface area contributed by atoms with Crippen molar-refractivity contribution in [1.29, 1.82) is 0 Å². The largest absolute Gasteiger partial charge is 0.497 e. The van der Waals surface area contributed by atoms with Gasteiger partial charge in [0, 0.05) is 18.2 Å². The van der Waals surface area contributed by atoms with Crippen molar-refractivity contribution in [3.8, 4) is 22.9 Å². The van der Waals surface area contributed by atoms with Crippen LogP contribution in [-0.2, 0) is 6.54 Å². The molecule has 0 bridgehead atoms. The predicted molar refractivity (Wildman–Crippen MR) is 104 cm³/mol. The molecule has 0 aliphatic rings. The topological polar surface area (TPSA) is 77.7 Å². The molecule has 146 valence electrons. The quantitative estimate of drug-likeness (QED) is 0.621. The lowest BCUT2D eigenvalue weighted by atomic mass is 10.1. The van der Waals surface area contributed by atoms with E-state index < -0.39 is 0 Å². The summed E-state index contributed by atoms with van der Waals surface area (Å²) in [6.45, 7) is 4.65. The van der Waals surface area contributed by atoms with Crippen molar-refractivity contribution in [1.82, 2.24) is 15.0 Å².